The lowest BCUT2D eigenvalue weighted by Gasteiger charge is -2.21. The number of aryl methyl sites for hydroxylation is 1. The van der Waals surface area contributed by atoms with Gasteiger partial charge in [0.2, 0.25) is 0 Å². The highest BCUT2D eigenvalue weighted by molar-refractivity contribution is 6.09. The first-order chi connectivity index (χ1) is 16.8. The van der Waals surface area contributed by atoms with Crippen molar-refractivity contribution < 1.29 is 4.79 Å². The lowest BCUT2D eigenvalue weighted by Crippen LogP contribution is -2.21. The summed E-state index contributed by atoms with van der Waals surface area (Å²) in [5.41, 5.74) is 5.91. The number of hydrogen-bond acceptors (Lipinski definition) is 3. The van der Waals surface area contributed by atoms with Gasteiger partial charge in [-0.1, -0.05) is 70.2 Å². The number of carbonyl (C=O) groups is 1. The number of hydrogen-bond donors (Lipinski definition) is 3. The van der Waals surface area contributed by atoms with Gasteiger partial charge < -0.3 is 16.0 Å². The smallest absolute Gasteiger partial charge is 0.323 e. The Labute approximate surface area is 208 Å². The number of carbonyl (C=O) groups excluding carboxylic acids is 1. The molecule has 0 fully saturated rings. The molecule has 3 aromatic carbocycles. The molecule has 0 atom stereocenters. The number of benzene rings is 3. The second kappa shape index (κ2) is 10.2. The molecule has 0 aliphatic rings. The molecule has 0 unspecified atom stereocenters. The Bertz CT molecular complexity index is 1340. The summed E-state index contributed by atoms with van der Waals surface area (Å²) in [7, 11) is 0. The zero-order chi connectivity index (χ0) is 25.0. The summed E-state index contributed by atoms with van der Waals surface area (Å²) in [4.78, 5) is 17.5. The van der Waals surface area contributed by atoms with Gasteiger partial charge >= 0.3 is 6.03 Å². The highest BCUT2D eigenvalue weighted by Crippen LogP contribution is 2.34. The van der Waals surface area contributed by atoms with Crippen molar-refractivity contribution in [3.05, 3.63) is 84.1 Å². The average Bonchev–Trinajstić information content (AvgIpc) is 2.84. The molecule has 1 aromatic heterocycles. The van der Waals surface area contributed by atoms with E-state index in [1.54, 1.807) is 0 Å². The van der Waals surface area contributed by atoms with E-state index >= 15 is 0 Å². The monoisotopic (exact) mass is 466 g/mol. The average molecular weight is 467 g/mol. The lowest BCUT2D eigenvalue weighted by atomic mass is 9.86. The van der Waals surface area contributed by atoms with Crippen molar-refractivity contribution in [1.29, 1.82) is 0 Å². The molecule has 0 aliphatic heterocycles. The number of aromatic nitrogens is 1. The van der Waals surface area contributed by atoms with E-state index in [1.807, 2.05) is 49.5 Å². The molecule has 0 saturated heterocycles. The Kier molecular flexibility index (Phi) is 7.06. The van der Waals surface area contributed by atoms with Gasteiger partial charge in [-0.15, -0.1) is 0 Å². The third kappa shape index (κ3) is 5.62. The normalized spacial score (nSPS) is 11.3. The standard InChI is InChI=1S/C30H34N4O/c1-6-17-31-28-16-12-21(19-32-28)23-14-15-26(25-10-8-7-9-24(23)25)33-29(35)34-27-18-22(30(3,4)5)13-11-20(27)2/h7-16,18-19H,6,17H2,1-5H3,(H,31,32)(H2,33,34,35). The van der Waals surface area contributed by atoms with Crippen LogP contribution >= 0.6 is 0 Å². The Morgan fingerprint density at radius 1 is 0.886 bits per heavy atom. The van der Waals surface area contributed by atoms with Crippen LogP contribution in [0.25, 0.3) is 21.9 Å². The Morgan fingerprint density at radius 3 is 2.31 bits per heavy atom. The predicted molar refractivity (Wildman–Crippen MR) is 148 cm³/mol. The number of rotatable bonds is 6. The van der Waals surface area contributed by atoms with Crippen molar-refractivity contribution in [3.63, 3.8) is 0 Å². The van der Waals surface area contributed by atoms with Gasteiger partial charge in [0.15, 0.2) is 0 Å². The zero-order valence-corrected chi connectivity index (χ0v) is 21.2. The third-order valence-electron chi connectivity index (χ3n) is 6.15. The van der Waals surface area contributed by atoms with Gasteiger partial charge in [-0.05, 0) is 65.1 Å². The first kappa shape index (κ1) is 24.3. The summed E-state index contributed by atoms with van der Waals surface area (Å²) >= 11 is 0. The number of amides is 2. The van der Waals surface area contributed by atoms with E-state index in [9.17, 15) is 4.79 Å². The molecule has 3 N–H and O–H groups in total. The van der Waals surface area contributed by atoms with E-state index in [0.717, 1.165) is 57.6 Å². The summed E-state index contributed by atoms with van der Waals surface area (Å²) in [6.45, 7) is 11.5. The quantitative estimate of drug-likeness (QED) is 0.270. The SMILES string of the molecule is CCCNc1ccc(-c2ccc(NC(=O)Nc3cc(C(C)(C)C)ccc3C)c3ccccc23)cn1. The Morgan fingerprint density at radius 2 is 1.63 bits per heavy atom. The molecule has 0 radical (unpaired) electrons. The van der Waals surface area contributed by atoms with Crippen LogP contribution in [0, 0.1) is 6.92 Å². The minimum atomic E-state index is -0.259. The van der Waals surface area contributed by atoms with Crippen LogP contribution in [0.1, 0.15) is 45.2 Å². The van der Waals surface area contributed by atoms with Crippen molar-refractivity contribution in [2.45, 2.75) is 46.5 Å². The molecule has 180 valence electrons. The topological polar surface area (TPSA) is 66.0 Å². The first-order valence-corrected chi connectivity index (χ1v) is 12.2. The largest absolute Gasteiger partial charge is 0.370 e. The van der Waals surface area contributed by atoms with Crippen molar-refractivity contribution in [2.75, 3.05) is 22.5 Å². The molecular formula is C30H34N4O. The van der Waals surface area contributed by atoms with Crippen molar-refractivity contribution in [3.8, 4) is 11.1 Å². The summed E-state index contributed by atoms with van der Waals surface area (Å²) in [6, 6.07) is 22.2. The molecule has 2 amide bonds. The van der Waals surface area contributed by atoms with Crippen molar-refractivity contribution in [2.24, 2.45) is 0 Å². The van der Waals surface area contributed by atoms with E-state index in [2.05, 4.69) is 79.0 Å². The molecule has 35 heavy (non-hydrogen) atoms. The minimum Gasteiger partial charge on any atom is -0.370 e. The molecular weight excluding hydrogens is 432 g/mol. The zero-order valence-electron chi connectivity index (χ0n) is 21.2. The molecule has 4 aromatic rings. The van der Waals surface area contributed by atoms with Gasteiger partial charge in [-0.2, -0.15) is 0 Å². The van der Waals surface area contributed by atoms with Crippen molar-refractivity contribution >= 4 is 34.0 Å². The molecule has 0 aliphatic carbocycles. The van der Waals surface area contributed by atoms with Crippen molar-refractivity contribution in [1.82, 2.24) is 4.98 Å². The fourth-order valence-electron chi connectivity index (χ4n) is 4.07. The van der Waals surface area contributed by atoms with Crippen LogP contribution < -0.4 is 16.0 Å². The van der Waals surface area contributed by atoms with Crippen LogP contribution in [0.2, 0.25) is 0 Å². The summed E-state index contributed by atoms with van der Waals surface area (Å²) in [6.07, 6.45) is 2.95. The number of urea groups is 1. The molecule has 4 rings (SSSR count). The molecule has 5 heteroatoms. The number of pyridine rings is 1. The number of fused-ring (bicyclic) bond motifs is 1. The van der Waals surface area contributed by atoms with Gasteiger partial charge in [0, 0.05) is 29.4 Å². The van der Waals surface area contributed by atoms with E-state index in [4.69, 9.17) is 0 Å². The van der Waals surface area contributed by atoms with E-state index < -0.39 is 0 Å². The third-order valence-corrected chi connectivity index (χ3v) is 6.15. The highest BCUT2D eigenvalue weighted by atomic mass is 16.2. The van der Waals surface area contributed by atoms with Crippen LogP contribution in [0.5, 0.6) is 0 Å². The van der Waals surface area contributed by atoms with E-state index in [-0.39, 0.29) is 11.4 Å². The molecule has 1 heterocycles. The summed E-state index contributed by atoms with van der Waals surface area (Å²) in [5, 5.41) is 11.4. The van der Waals surface area contributed by atoms with E-state index in [1.165, 1.54) is 5.56 Å². The van der Waals surface area contributed by atoms with Gasteiger partial charge in [0.25, 0.3) is 0 Å². The van der Waals surface area contributed by atoms with Crippen LogP contribution in [0.15, 0.2) is 72.9 Å². The first-order valence-electron chi connectivity index (χ1n) is 12.2. The van der Waals surface area contributed by atoms with Crippen LogP contribution in [-0.2, 0) is 5.41 Å². The maximum atomic E-state index is 13.0. The lowest BCUT2D eigenvalue weighted by molar-refractivity contribution is 0.262. The number of anilines is 3. The molecule has 0 saturated carbocycles. The summed E-state index contributed by atoms with van der Waals surface area (Å²) < 4.78 is 0. The highest BCUT2D eigenvalue weighted by Gasteiger charge is 2.16. The van der Waals surface area contributed by atoms with Gasteiger partial charge in [0.1, 0.15) is 5.82 Å². The van der Waals surface area contributed by atoms with Gasteiger partial charge in [-0.3, -0.25) is 0 Å². The molecule has 0 spiro atoms. The maximum Gasteiger partial charge on any atom is 0.323 e. The fourth-order valence-corrected chi connectivity index (χ4v) is 4.07. The van der Waals surface area contributed by atoms with Crippen LogP contribution in [-0.4, -0.2) is 17.6 Å². The fraction of sp³-hybridized carbons (Fsp3) is 0.267. The Balaban J connectivity index is 1.59. The second-order valence-corrected chi connectivity index (χ2v) is 9.92. The number of nitrogens with zero attached hydrogens (tertiary/aromatic N) is 1. The minimum absolute atomic E-state index is 0.00572. The molecule has 5 nitrogen and oxygen atoms in total. The van der Waals surface area contributed by atoms with Crippen LogP contribution in [0.3, 0.4) is 0 Å². The number of nitrogens with one attached hydrogen (secondary N) is 3. The summed E-state index contributed by atoms with van der Waals surface area (Å²) in [5.74, 6) is 0.876. The van der Waals surface area contributed by atoms with E-state index in [0.29, 0.717) is 0 Å². The van der Waals surface area contributed by atoms with Crippen LogP contribution in [0.4, 0.5) is 22.0 Å². The van der Waals surface area contributed by atoms with Gasteiger partial charge in [-0.25, -0.2) is 9.78 Å². The van der Waals surface area contributed by atoms with Gasteiger partial charge in [0.05, 0.1) is 5.69 Å². The Hall–Kier alpha value is -3.86. The maximum absolute atomic E-state index is 13.0. The molecule has 0 bridgehead atoms. The second-order valence-electron chi connectivity index (χ2n) is 9.92. The predicted octanol–water partition coefficient (Wildman–Crippen LogP) is 7.97.